The molecule has 0 spiro atoms. The van der Waals surface area contributed by atoms with Gasteiger partial charge in [0, 0.05) is 17.0 Å². The van der Waals surface area contributed by atoms with Crippen LogP contribution in [-0.4, -0.2) is 29.6 Å². The Kier molecular flexibility index (Phi) is 2.47. The first-order valence-corrected chi connectivity index (χ1v) is 7.74. The number of hydrogen-bond acceptors (Lipinski definition) is 2. The number of piperidine rings is 1. The Morgan fingerprint density at radius 1 is 1.26 bits per heavy atom. The largest absolute Gasteiger partial charge is 0.508 e. The zero-order valence-corrected chi connectivity index (χ0v) is 11.7. The van der Waals surface area contributed by atoms with Crippen molar-refractivity contribution in [2.75, 3.05) is 13.6 Å². The number of phenols is 1. The van der Waals surface area contributed by atoms with E-state index in [1.165, 1.54) is 49.8 Å². The molecule has 1 aliphatic heterocycles. The smallest absolute Gasteiger partial charge is 0.119 e. The van der Waals surface area contributed by atoms with Crippen LogP contribution in [0.2, 0.25) is 0 Å². The fraction of sp³-hybridized carbons (Fsp3) is 0.647. The molecule has 102 valence electrons. The van der Waals surface area contributed by atoms with Crippen LogP contribution in [0.15, 0.2) is 18.2 Å². The van der Waals surface area contributed by atoms with Crippen molar-refractivity contribution in [1.29, 1.82) is 0 Å². The summed E-state index contributed by atoms with van der Waals surface area (Å²) in [6, 6.07) is 6.86. The van der Waals surface area contributed by atoms with E-state index in [1.807, 2.05) is 12.1 Å². The Bertz CT molecular complexity index is 512. The van der Waals surface area contributed by atoms with Crippen molar-refractivity contribution in [2.24, 2.45) is 5.92 Å². The third kappa shape index (κ3) is 1.47. The summed E-state index contributed by atoms with van der Waals surface area (Å²) in [5.74, 6) is 1.33. The van der Waals surface area contributed by atoms with Gasteiger partial charge in [0.25, 0.3) is 0 Å². The highest BCUT2D eigenvalue weighted by atomic mass is 16.3. The predicted octanol–water partition coefficient (Wildman–Crippen LogP) is 3.08. The molecule has 2 aliphatic carbocycles. The fourth-order valence-electron chi connectivity index (χ4n) is 5.28. The van der Waals surface area contributed by atoms with Gasteiger partial charge in [0.1, 0.15) is 5.75 Å². The predicted molar refractivity (Wildman–Crippen MR) is 76.5 cm³/mol. The third-order valence-electron chi connectivity index (χ3n) is 6.09. The molecule has 3 atom stereocenters. The molecular formula is C17H23NO. The Morgan fingerprint density at radius 3 is 3.05 bits per heavy atom. The number of fused-ring (bicyclic) bond motifs is 1. The van der Waals surface area contributed by atoms with Crippen molar-refractivity contribution >= 4 is 0 Å². The second kappa shape index (κ2) is 3.99. The molecule has 0 radical (unpaired) electrons. The number of benzene rings is 1. The molecule has 0 unspecified atom stereocenters. The van der Waals surface area contributed by atoms with Crippen molar-refractivity contribution in [3.05, 3.63) is 29.3 Å². The summed E-state index contributed by atoms with van der Waals surface area (Å²) in [5, 5.41) is 10.5. The maximum atomic E-state index is 10.5. The average Bonchev–Trinajstić information content (AvgIpc) is 2.43. The normalized spacial score (nSPS) is 37.5. The molecule has 1 aromatic rings. The molecule has 3 aliphatic rings. The molecule has 2 bridgehead atoms. The van der Waals surface area contributed by atoms with E-state index >= 15 is 0 Å². The van der Waals surface area contributed by atoms with Gasteiger partial charge in [-0.1, -0.05) is 25.0 Å². The van der Waals surface area contributed by atoms with Crippen LogP contribution in [0.1, 0.15) is 43.2 Å². The van der Waals surface area contributed by atoms with Gasteiger partial charge in [0.15, 0.2) is 0 Å². The lowest BCUT2D eigenvalue weighted by Gasteiger charge is -2.58. The number of phenolic OH excluding ortho intramolecular Hbond substituents is 1. The maximum Gasteiger partial charge on any atom is 0.119 e. The quantitative estimate of drug-likeness (QED) is 0.772. The van der Waals surface area contributed by atoms with Crippen molar-refractivity contribution in [3.8, 4) is 5.75 Å². The van der Waals surface area contributed by atoms with E-state index in [-0.39, 0.29) is 5.41 Å². The molecule has 0 aromatic heterocycles. The highest BCUT2D eigenvalue weighted by Crippen LogP contribution is 2.57. The van der Waals surface area contributed by atoms with Crippen LogP contribution >= 0.6 is 0 Å². The van der Waals surface area contributed by atoms with E-state index in [9.17, 15) is 5.11 Å². The molecule has 1 N–H and O–H groups in total. The summed E-state index contributed by atoms with van der Waals surface area (Å²) < 4.78 is 0. The van der Waals surface area contributed by atoms with Crippen LogP contribution < -0.4 is 0 Å². The summed E-state index contributed by atoms with van der Waals surface area (Å²) in [4.78, 5) is 2.57. The van der Waals surface area contributed by atoms with E-state index in [0.717, 1.165) is 12.3 Å². The van der Waals surface area contributed by atoms with Gasteiger partial charge in [-0.3, -0.25) is 0 Å². The van der Waals surface area contributed by atoms with E-state index in [2.05, 4.69) is 18.0 Å². The van der Waals surface area contributed by atoms with Gasteiger partial charge in [-0.15, -0.1) is 0 Å². The Hall–Kier alpha value is -1.02. The number of aromatic hydroxyl groups is 1. The van der Waals surface area contributed by atoms with Crippen LogP contribution in [0.5, 0.6) is 5.75 Å². The van der Waals surface area contributed by atoms with Crippen LogP contribution in [0.25, 0.3) is 0 Å². The second-order valence-electron chi connectivity index (χ2n) is 6.82. The van der Waals surface area contributed by atoms with Crippen molar-refractivity contribution in [3.63, 3.8) is 0 Å². The minimum absolute atomic E-state index is 0.286. The fourth-order valence-corrected chi connectivity index (χ4v) is 5.28. The monoisotopic (exact) mass is 257 g/mol. The molecular weight excluding hydrogens is 234 g/mol. The molecule has 1 saturated carbocycles. The van der Waals surface area contributed by atoms with Crippen LogP contribution in [0.4, 0.5) is 0 Å². The molecule has 1 heterocycles. The molecule has 1 aromatic carbocycles. The summed E-state index contributed by atoms with van der Waals surface area (Å²) >= 11 is 0. The number of likely N-dealkylation sites (N-methyl/N-ethyl adjacent to an activating group) is 1. The number of hydrogen-bond donors (Lipinski definition) is 1. The highest BCUT2D eigenvalue weighted by Gasteiger charge is 2.53. The first kappa shape index (κ1) is 11.8. The molecule has 2 heteroatoms. The summed E-state index contributed by atoms with van der Waals surface area (Å²) in [5.41, 5.74) is 3.02. The molecule has 0 amide bonds. The maximum absolute atomic E-state index is 10.5. The van der Waals surface area contributed by atoms with Gasteiger partial charge < -0.3 is 10.0 Å². The standard InChI is InChI=1S/C17H23NO/c1-18-10-9-17-8-3-2-6-13(17)14(18)11-12-5-4-7-15(19)16(12)17/h4-5,7,13-14,19H,2-3,6,8-11H2,1H3/t13-,14+,17+/m0/s1. The van der Waals surface area contributed by atoms with Gasteiger partial charge in [-0.05, 0) is 56.8 Å². The number of likely N-dealkylation sites (tertiary alicyclic amines) is 1. The Labute approximate surface area is 115 Å². The summed E-state index contributed by atoms with van der Waals surface area (Å²) in [6.07, 6.45) is 7.71. The molecule has 19 heavy (non-hydrogen) atoms. The lowest BCUT2D eigenvalue weighted by molar-refractivity contribution is 0.00152. The van der Waals surface area contributed by atoms with Crippen molar-refractivity contribution in [2.45, 2.75) is 50.0 Å². The van der Waals surface area contributed by atoms with Gasteiger partial charge in [-0.2, -0.15) is 0 Å². The number of nitrogens with zero attached hydrogens (tertiary/aromatic N) is 1. The van der Waals surface area contributed by atoms with Gasteiger partial charge in [0.2, 0.25) is 0 Å². The minimum atomic E-state index is 0.286. The van der Waals surface area contributed by atoms with Gasteiger partial charge >= 0.3 is 0 Å². The molecule has 1 saturated heterocycles. The zero-order chi connectivity index (χ0) is 13.0. The van der Waals surface area contributed by atoms with Crippen molar-refractivity contribution in [1.82, 2.24) is 4.90 Å². The van der Waals surface area contributed by atoms with Crippen LogP contribution in [0, 0.1) is 5.92 Å². The third-order valence-corrected chi connectivity index (χ3v) is 6.09. The van der Waals surface area contributed by atoms with Crippen LogP contribution in [0.3, 0.4) is 0 Å². The lowest BCUT2D eigenvalue weighted by Crippen LogP contribution is -2.59. The van der Waals surface area contributed by atoms with Crippen molar-refractivity contribution < 1.29 is 5.11 Å². The molecule has 2 fully saturated rings. The highest BCUT2D eigenvalue weighted by molar-refractivity contribution is 5.49. The van der Waals surface area contributed by atoms with E-state index in [0.29, 0.717) is 11.8 Å². The first-order chi connectivity index (χ1) is 9.22. The van der Waals surface area contributed by atoms with E-state index < -0.39 is 0 Å². The van der Waals surface area contributed by atoms with Gasteiger partial charge in [0.05, 0.1) is 0 Å². The molecule has 2 nitrogen and oxygen atoms in total. The van der Waals surface area contributed by atoms with Crippen LogP contribution in [-0.2, 0) is 11.8 Å². The average molecular weight is 257 g/mol. The van der Waals surface area contributed by atoms with Gasteiger partial charge in [-0.25, -0.2) is 0 Å². The molecule has 4 rings (SSSR count). The van der Waals surface area contributed by atoms with E-state index in [4.69, 9.17) is 0 Å². The van der Waals surface area contributed by atoms with E-state index in [1.54, 1.807) is 0 Å². The Balaban J connectivity index is 1.93. The lowest BCUT2D eigenvalue weighted by atomic mass is 9.52. The first-order valence-electron chi connectivity index (χ1n) is 7.74. The minimum Gasteiger partial charge on any atom is -0.508 e. The second-order valence-corrected chi connectivity index (χ2v) is 6.82. The summed E-state index contributed by atoms with van der Waals surface area (Å²) in [6.45, 7) is 1.19. The zero-order valence-electron chi connectivity index (χ0n) is 11.7. The topological polar surface area (TPSA) is 23.5 Å². The SMILES string of the molecule is CN1CC[C@]23CCCC[C@H]2[C@H]1Cc1cccc(O)c13. The number of rotatable bonds is 0. The Morgan fingerprint density at radius 2 is 2.16 bits per heavy atom. The summed E-state index contributed by atoms with van der Waals surface area (Å²) in [7, 11) is 2.29.